The van der Waals surface area contributed by atoms with Crippen molar-refractivity contribution in [3.05, 3.63) is 59.0 Å². The Hall–Kier alpha value is -3.26. The van der Waals surface area contributed by atoms with Crippen LogP contribution in [0.2, 0.25) is 0 Å². The van der Waals surface area contributed by atoms with Gasteiger partial charge in [0.05, 0.1) is 12.1 Å². The number of benzene rings is 1. The Morgan fingerprint density at radius 1 is 1.19 bits per heavy atom. The Labute approximate surface area is 159 Å². The quantitative estimate of drug-likeness (QED) is 0.530. The number of carbonyl (C=O) groups is 1. The van der Waals surface area contributed by atoms with E-state index in [9.17, 15) is 4.79 Å². The molecule has 7 nitrogen and oxygen atoms in total. The zero-order valence-electron chi connectivity index (χ0n) is 14.6. The molecule has 0 unspecified atom stereocenters. The van der Waals surface area contributed by atoms with Gasteiger partial charge in [0.15, 0.2) is 5.76 Å². The molecule has 0 aliphatic carbocycles. The maximum atomic E-state index is 11.9. The molecule has 0 radical (unpaired) electrons. The molecule has 0 saturated carbocycles. The highest BCUT2D eigenvalue weighted by Crippen LogP contribution is 2.28. The van der Waals surface area contributed by atoms with Crippen molar-refractivity contribution < 1.29 is 9.21 Å². The van der Waals surface area contributed by atoms with Gasteiger partial charge in [0.2, 0.25) is 0 Å². The predicted molar refractivity (Wildman–Crippen MR) is 105 cm³/mol. The van der Waals surface area contributed by atoms with E-state index in [4.69, 9.17) is 4.42 Å². The lowest BCUT2D eigenvalue weighted by Gasteiger charge is -2.08. The lowest BCUT2D eigenvalue weighted by Crippen LogP contribution is -2.21. The summed E-state index contributed by atoms with van der Waals surface area (Å²) in [5.41, 5.74) is 1.68. The minimum Gasteiger partial charge on any atom is -0.451 e. The maximum absolute atomic E-state index is 11.9. The van der Waals surface area contributed by atoms with Crippen molar-refractivity contribution in [2.45, 2.75) is 13.5 Å². The smallest absolute Gasteiger partial charge is 0.287 e. The van der Waals surface area contributed by atoms with Crippen LogP contribution in [-0.2, 0) is 6.54 Å². The zero-order valence-corrected chi connectivity index (χ0v) is 15.4. The molecule has 0 aliphatic heterocycles. The molecule has 0 aliphatic rings. The van der Waals surface area contributed by atoms with Gasteiger partial charge in [-0.25, -0.2) is 15.0 Å². The van der Waals surface area contributed by atoms with Gasteiger partial charge < -0.3 is 15.1 Å². The SMILES string of the molecule is CCNC(=O)c1ccc(-c2ccc3ncnc(NCc4nccs4)c3c2)o1. The van der Waals surface area contributed by atoms with Gasteiger partial charge in [-0.3, -0.25) is 4.79 Å². The average molecular weight is 379 g/mol. The fraction of sp³-hybridized carbons (Fsp3) is 0.158. The summed E-state index contributed by atoms with van der Waals surface area (Å²) < 4.78 is 5.71. The van der Waals surface area contributed by atoms with E-state index in [1.807, 2.05) is 30.5 Å². The Morgan fingerprint density at radius 2 is 2.11 bits per heavy atom. The van der Waals surface area contributed by atoms with Crippen LogP contribution in [0.3, 0.4) is 0 Å². The van der Waals surface area contributed by atoms with Crippen LogP contribution in [0, 0.1) is 0 Å². The summed E-state index contributed by atoms with van der Waals surface area (Å²) in [6.07, 6.45) is 3.31. The monoisotopic (exact) mass is 379 g/mol. The molecule has 4 rings (SSSR count). The molecule has 0 saturated heterocycles. The highest BCUT2D eigenvalue weighted by Gasteiger charge is 2.13. The van der Waals surface area contributed by atoms with Crippen LogP contribution >= 0.6 is 11.3 Å². The van der Waals surface area contributed by atoms with Crippen molar-refractivity contribution >= 4 is 34.0 Å². The number of hydrogen-bond acceptors (Lipinski definition) is 7. The molecule has 2 N–H and O–H groups in total. The number of furan rings is 1. The van der Waals surface area contributed by atoms with E-state index < -0.39 is 0 Å². The highest BCUT2D eigenvalue weighted by molar-refractivity contribution is 7.09. The van der Waals surface area contributed by atoms with E-state index in [-0.39, 0.29) is 5.91 Å². The Bertz CT molecular complexity index is 1070. The van der Waals surface area contributed by atoms with Gasteiger partial charge >= 0.3 is 0 Å². The van der Waals surface area contributed by atoms with Gasteiger partial charge in [0.25, 0.3) is 5.91 Å². The summed E-state index contributed by atoms with van der Waals surface area (Å²) in [4.78, 5) is 24.9. The molecule has 3 aromatic heterocycles. The van der Waals surface area contributed by atoms with Crippen LogP contribution in [0.4, 0.5) is 5.82 Å². The van der Waals surface area contributed by atoms with Gasteiger partial charge in [-0.05, 0) is 37.3 Å². The van der Waals surface area contributed by atoms with Gasteiger partial charge in [-0.15, -0.1) is 11.3 Å². The fourth-order valence-corrected chi connectivity index (χ4v) is 3.27. The summed E-state index contributed by atoms with van der Waals surface area (Å²) in [5, 5.41) is 9.84. The summed E-state index contributed by atoms with van der Waals surface area (Å²) in [6.45, 7) is 3.01. The first kappa shape index (κ1) is 17.2. The van der Waals surface area contributed by atoms with Gasteiger partial charge in [0, 0.05) is 29.1 Å². The van der Waals surface area contributed by atoms with Crippen molar-refractivity contribution in [1.82, 2.24) is 20.3 Å². The molecule has 4 aromatic rings. The lowest BCUT2D eigenvalue weighted by atomic mass is 10.1. The number of anilines is 1. The molecular weight excluding hydrogens is 362 g/mol. The molecule has 1 amide bonds. The van der Waals surface area contributed by atoms with Crippen molar-refractivity contribution in [3.63, 3.8) is 0 Å². The normalized spacial score (nSPS) is 10.9. The maximum Gasteiger partial charge on any atom is 0.287 e. The number of rotatable bonds is 6. The number of fused-ring (bicyclic) bond motifs is 1. The standard InChI is InChI=1S/C19H17N5O2S/c1-2-20-19(25)16-6-5-15(26-16)12-3-4-14-13(9-12)18(24-11-23-14)22-10-17-21-7-8-27-17/h3-9,11H,2,10H2,1H3,(H,20,25)(H,22,23,24). The van der Waals surface area contributed by atoms with Crippen molar-refractivity contribution in [3.8, 4) is 11.3 Å². The minimum absolute atomic E-state index is 0.223. The number of thiazole rings is 1. The second kappa shape index (κ2) is 7.55. The van der Waals surface area contributed by atoms with E-state index in [0.29, 0.717) is 24.6 Å². The van der Waals surface area contributed by atoms with E-state index in [2.05, 4.69) is 25.6 Å². The fourth-order valence-electron chi connectivity index (χ4n) is 2.71. The first-order valence-corrected chi connectivity index (χ1v) is 9.38. The summed E-state index contributed by atoms with van der Waals surface area (Å²) in [6, 6.07) is 9.25. The van der Waals surface area contributed by atoms with Crippen LogP contribution in [0.5, 0.6) is 0 Å². The number of nitrogens with one attached hydrogen (secondary N) is 2. The van der Waals surface area contributed by atoms with Crippen LogP contribution in [0.25, 0.3) is 22.2 Å². The highest BCUT2D eigenvalue weighted by atomic mass is 32.1. The van der Waals surface area contributed by atoms with E-state index in [1.54, 1.807) is 29.7 Å². The molecule has 0 bridgehead atoms. The van der Waals surface area contributed by atoms with Crippen LogP contribution in [0.1, 0.15) is 22.5 Å². The van der Waals surface area contributed by atoms with E-state index in [0.717, 1.165) is 27.3 Å². The Kier molecular flexibility index (Phi) is 4.80. The van der Waals surface area contributed by atoms with Crippen molar-refractivity contribution in [2.75, 3.05) is 11.9 Å². The Morgan fingerprint density at radius 3 is 2.93 bits per heavy atom. The van der Waals surface area contributed by atoms with Gasteiger partial charge in [0.1, 0.15) is 22.9 Å². The second-order valence-corrected chi connectivity index (χ2v) is 6.74. The third-order valence-electron chi connectivity index (χ3n) is 3.98. The molecule has 0 spiro atoms. The topological polar surface area (TPSA) is 92.9 Å². The van der Waals surface area contributed by atoms with Crippen LogP contribution in [0.15, 0.2) is 52.7 Å². The predicted octanol–water partition coefficient (Wildman–Crippen LogP) is 3.71. The summed E-state index contributed by atoms with van der Waals surface area (Å²) in [5.74, 6) is 1.41. The third kappa shape index (κ3) is 3.65. The number of nitrogens with zero attached hydrogens (tertiary/aromatic N) is 3. The van der Waals surface area contributed by atoms with E-state index in [1.165, 1.54) is 6.33 Å². The number of hydrogen-bond donors (Lipinski definition) is 2. The summed E-state index contributed by atoms with van der Waals surface area (Å²) in [7, 11) is 0. The third-order valence-corrected chi connectivity index (χ3v) is 4.76. The zero-order chi connectivity index (χ0) is 18.6. The molecule has 0 fully saturated rings. The molecule has 27 heavy (non-hydrogen) atoms. The first-order chi connectivity index (χ1) is 13.2. The lowest BCUT2D eigenvalue weighted by molar-refractivity contribution is 0.0929. The first-order valence-electron chi connectivity index (χ1n) is 8.50. The largest absolute Gasteiger partial charge is 0.451 e. The average Bonchev–Trinajstić information content (AvgIpc) is 3.38. The molecule has 1 aromatic carbocycles. The van der Waals surface area contributed by atoms with E-state index >= 15 is 0 Å². The second-order valence-electron chi connectivity index (χ2n) is 5.76. The Balaban J connectivity index is 1.65. The van der Waals surface area contributed by atoms with Crippen LogP contribution < -0.4 is 10.6 Å². The molecule has 8 heteroatoms. The molecule has 3 heterocycles. The number of amides is 1. The number of aromatic nitrogens is 3. The minimum atomic E-state index is -0.223. The molecule has 0 atom stereocenters. The molecule has 136 valence electrons. The van der Waals surface area contributed by atoms with Crippen molar-refractivity contribution in [2.24, 2.45) is 0 Å². The van der Waals surface area contributed by atoms with Crippen LogP contribution in [-0.4, -0.2) is 27.4 Å². The summed E-state index contributed by atoms with van der Waals surface area (Å²) >= 11 is 1.59. The number of carbonyl (C=O) groups excluding carboxylic acids is 1. The van der Waals surface area contributed by atoms with Crippen molar-refractivity contribution in [1.29, 1.82) is 0 Å². The molecular formula is C19H17N5O2S. The van der Waals surface area contributed by atoms with Gasteiger partial charge in [-0.2, -0.15) is 0 Å². The van der Waals surface area contributed by atoms with Gasteiger partial charge in [-0.1, -0.05) is 0 Å².